The van der Waals surface area contributed by atoms with Gasteiger partial charge in [-0.15, -0.1) is 24.0 Å². The van der Waals surface area contributed by atoms with Gasteiger partial charge >= 0.3 is 5.97 Å². The molecule has 3 N–H and O–H groups in total. The summed E-state index contributed by atoms with van der Waals surface area (Å²) < 4.78 is 5.01. The summed E-state index contributed by atoms with van der Waals surface area (Å²) in [6, 6.07) is 7.98. The smallest absolute Gasteiger partial charge is 0.307 e. The van der Waals surface area contributed by atoms with Crippen molar-refractivity contribution in [3.05, 3.63) is 29.8 Å². The fraction of sp³-hybridized carbons (Fsp3) is 0.467. The van der Waals surface area contributed by atoms with E-state index >= 15 is 0 Å². The van der Waals surface area contributed by atoms with E-state index in [1.54, 1.807) is 0 Å². The van der Waals surface area contributed by atoms with Crippen LogP contribution in [0.5, 0.6) is 0 Å². The van der Waals surface area contributed by atoms with Crippen LogP contribution in [0, 0.1) is 0 Å². The molecule has 0 radical (unpaired) electrons. The second-order valence-electron chi connectivity index (χ2n) is 4.73. The summed E-state index contributed by atoms with van der Waals surface area (Å²) in [5, 5.41) is 2.98. The topological polar surface area (TPSA) is 76.7 Å². The van der Waals surface area contributed by atoms with Gasteiger partial charge in [-0.25, -0.2) is 0 Å². The van der Waals surface area contributed by atoms with E-state index in [9.17, 15) is 4.79 Å². The maximum atomic E-state index is 11.3. The number of nitrogens with one attached hydrogen (secondary N) is 1. The molecule has 0 unspecified atom stereocenters. The van der Waals surface area contributed by atoms with Gasteiger partial charge < -0.3 is 15.8 Å². The minimum Gasteiger partial charge on any atom is -0.463 e. The summed E-state index contributed by atoms with van der Waals surface area (Å²) >= 11 is 0. The molecular weight excluding hydrogens is 381 g/mol. The molecule has 0 aliphatic heterocycles. The lowest BCUT2D eigenvalue weighted by molar-refractivity contribution is -0.147. The monoisotopic (exact) mass is 405 g/mol. The molecule has 0 amide bonds. The van der Waals surface area contributed by atoms with Crippen LogP contribution in [0.15, 0.2) is 29.3 Å². The summed E-state index contributed by atoms with van der Waals surface area (Å²) in [5.74, 6) is 0.0374. The first-order chi connectivity index (χ1) is 9.51. The molecule has 0 spiro atoms. The molecule has 5 nitrogen and oxygen atoms in total. The Morgan fingerprint density at radius 1 is 1.33 bits per heavy atom. The first kappa shape index (κ1) is 19.7. The van der Waals surface area contributed by atoms with E-state index in [-0.39, 0.29) is 42.5 Å². The minimum atomic E-state index is -0.260. The molecule has 6 heteroatoms. The maximum Gasteiger partial charge on any atom is 0.307 e. The predicted molar refractivity (Wildman–Crippen MR) is 97.2 cm³/mol. The second kappa shape index (κ2) is 10.4. The summed E-state index contributed by atoms with van der Waals surface area (Å²) in [6.07, 6.45) is 1.14. The third-order valence-electron chi connectivity index (χ3n) is 2.60. The SMILES string of the molecule is CCc1ccc(NC(N)=NCCC(=O)OC(C)C)cc1.I. The normalized spacial score (nSPS) is 11.0. The van der Waals surface area contributed by atoms with Gasteiger partial charge in [0.25, 0.3) is 0 Å². The molecule has 0 heterocycles. The lowest BCUT2D eigenvalue weighted by atomic mass is 10.1. The highest BCUT2D eigenvalue weighted by atomic mass is 127. The molecule has 0 aliphatic carbocycles. The maximum absolute atomic E-state index is 11.3. The molecule has 0 fully saturated rings. The van der Waals surface area contributed by atoms with Gasteiger partial charge in [0.05, 0.1) is 19.1 Å². The van der Waals surface area contributed by atoms with Crippen molar-refractivity contribution >= 4 is 41.6 Å². The average Bonchev–Trinajstić information content (AvgIpc) is 2.38. The number of rotatable bonds is 6. The highest BCUT2D eigenvalue weighted by Crippen LogP contribution is 2.09. The van der Waals surface area contributed by atoms with Gasteiger partial charge in [-0.3, -0.25) is 9.79 Å². The third-order valence-corrected chi connectivity index (χ3v) is 2.60. The fourth-order valence-corrected chi connectivity index (χ4v) is 1.60. The number of guanidine groups is 1. The Morgan fingerprint density at radius 3 is 2.48 bits per heavy atom. The van der Waals surface area contributed by atoms with Crippen LogP contribution in [0.2, 0.25) is 0 Å². The van der Waals surface area contributed by atoms with Crippen molar-refractivity contribution in [2.45, 2.75) is 39.7 Å². The van der Waals surface area contributed by atoms with Crippen LogP contribution in [0.4, 0.5) is 5.69 Å². The Hall–Kier alpha value is -1.31. The molecule has 0 aromatic heterocycles. The average molecular weight is 405 g/mol. The zero-order valence-electron chi connectivity index (χ0n) is 12.8. The Labute approximate surface area is 143 Å². The number of ether oxygens (including phenoxy) is 1. The lowest BCUT2D eigenvalue weighted by Gasteiger charge is -2.08. The van der Waals surface area contributed by atoms with E-state index in [4.69, 9.17) is 10.5 Å². The minimum absolute atomic E-state index is 0. The lowest BCUT2D eigenvalue weighted by Crippen LogP contribution is -2.23. The number of benzene rings is 1. The molecule has 21 heavy (non-hydrogen) atoms. The van der Waals surface area contributed by atoms with Gasteiger partial charge in [0.1, 0.15) is 0 Å². The summed E-state index contributed by atoms with van der Waals surface area (Å²) in [4.78, 5) is 15.4. The molecule has 0 bridgehead atoms. The number of carbonyl (C=O) groups is 1. The Balaban J connectivity index is 0.00000400. The van der Waals surface area contributed by atoms with E-state index in [0.29, 0.717) is 12.5 Å². The Morgan fingerprint density at radius 2 is 1.95 bits per heavy atom. The predicted octanol–water partition coefficient (Wildman–Crippen LogP) is 2.94. The van der Waals surface area contributed by atoms with Crippen molar-refractivity contribution in [3.8, 4) is 0 Å². The van der Waals surface area contributed by atoms with E-state index in [1.807, 2.05) is 38.1 Å². The number of esters is 1. The van der Waals surface area contributed by atoms with E-state index in [1.165, 1.54) is 5.56 Å². The molecular formula is C15H24IN3O2. The van der Waals surface area contributed by atoms with Gasteiger partial charge in [0.15, 0.2) is 5.96 Å². The first-order valence-corrected chi connectivity index (χ1v) is 6.86. The zero-order valence-corrected chi connectivity index (χ0v) is 15.1. The first-order valence-electron chi connectivity index (χ1n) is 6.86. The van der Waals surface area contributed by atoms with Crippen LogP contribution < -0.4 is 11.1 Å². The number of halogens is 1. The molecule has 1 aromatic carbocycles. The molecule has 1 rings (SSSR count). The Bertz CT molecular complexity index is 458. The van der Waals surface area contributed by atoms with Crippen molar-refractivity contribution in [2.24, 2.45) is 10.7 Å². The molecule has 0 saturated heterocycles. The number of hydrogen-bond donors (Lipinski definition) is 2. The summed E-state index contributed by atoms with van der Waals surface area (Å²) in [5.41, 5.74) is 7.90. The number of aliphatic imine (C=N–C) groups is 1. The van der Waals surface area contributed by atoms with Crippen molar-refractivity contribution in [2.75, 3.05) is 11.9 Å². The van der Waals surface area contributed by atoms with Crippen LogP contribution >= 0.6 is 24.0 Å². The molecule has 1 aromatic rings. The Kier molecular flexibility index (Phi) is 9.77. The number of nitrogens with zero attached hydrogens (tertiary/aromatic N) is 1. The summed E-state index contributed by atoms with van der Waals surface area (Å²) in [7, 11) is 0. The standard InChI is InChI=1S/C15H23N3O2.HI/c1-4-12-5-7-13(8-6-12)18-15(16)17-10-9-14(19)20-11(2)3;/h5-8,11H,4,9-10H2,1-3H3,(H3,16,17,18);1H. The van der Waals surface area contributed by atoms with Crippen molar-refractivity contribution in [1.82, 2.24) is 0 Å². The van der Waals surface area contributed by atoms with Crippen LogP contribution in [-0.4, -0.2) is 24.6 Å². The van der Waals surface area contributed by atoms with Crippen molar-refractivity contribution < 1.29 is 9.53 Å². The molecule has 0 saturated carbocycles. The highest BCUT2D eigenvalue weighted by molar-refractivity contribution is 14.0. The van der Waals surface area contributed by atoms with Crippen molar-refractivity contribution in [3.63, 3.8) is 0 Å². The van der Waals surface area contributed by atoms with Crippen LogP contribution in [0.25, 0.3) is 0 Å². The van der Waals surface area contributed by atoms with Gasteiger partial charge in [-0.05, 0) is 38.0 Å². The fourth-order valence-electron chi connectivity index (χ4n) is 1.60. The van der Waals surface area contributed by atoms with Crippen LogP contribution in [0.3, 0.4) is 0 Å². The van der Waals surface area contributed by atoms with E-state index in [2.05, 4.69) is 17.2 Å². The number of anilines is 1. The number of carbonyl (C=O) groups excluding carboxylic acids is 1. The molecule has 0 aliphatic rings. The zero-order chi connectivity index (χ0) is 15.0. The van der Waals surface area contributed by atoms with Crippen LogP contribution in [0.1, 0.15) is 32.8 Å². The van der Waals surface area contributed by atoms with E-state index in [0.717, 1.165) is 12.1 Å². The number of aryl methyl sites for hydroxylation is 1. The highest BCUT2D eigenvalue weighted by Gasteiger charge is 2.04. The summed E-state index contributed by atoms with van der Waals surface area (Å²) in [6.45, 7) is 6.06. The molecule has 0 atom stereocenters. The number of nitrogens with two attached hydrogens (primary N) is 1. The van der Waals surface area contributed by atoms with Gasteiger partial charge in [0, 0.05) is 5.69 Å². The number of hydrogen-bond acceptors (Lipinski definition) is 3. The van der Waals surface area contributed by atoms with Gasteiger partial charge in [-0.2, -0.15) is 0 Å². The van der Waals surface area contributed by atoms with Gasteiger partial charge in [0.2, 0.25) is 0 Å². The quantitative estimate of drug-likeness (QED) is 0.330. The van der Waals surface area contributed by atoms with Gasteiger partial charge in [-0.1, -0.05) is 19.1 Å². The third kappa shape index (κ3) is 8.54. The largest absolute Gasteiger partial charge is 0.463 e. The second-order valence-corrected chi connectivity index (χ2v) is 4.73. The van der Waals surface area contributed by atoms with E-state index < -0.39 is 0 Å². The van der Waals surface area contributed by atoms with Crippen molar-refractivity contribution in [1.29, 1.82) is 0 Å². The van der Waals surface area contributed by atoms with Crippen LogP contribution in [-0.2, 0) is 16.0 Å². The molecule has 118 valence electrons.